The molecular weight excluding hydrogens is 233 g/mol. The Morgan fingerprint density at radius 1 is 1.35 bits per heavy atom. The van der Waals surface area contributed by atoms with Crippen molar-refractivity contribution < 1.29 is 18.0 Å². The van der Waals surface area contributed by atoms with Gasteiger partial charge in [-0.3, -0.25) is 0 Å². The molecule has 1 fully saturated rings. The number of alkyl halides is 3. The van der Waals surface area contributed by atoms with Gasteiger partial charge in [-0.2, -0.15) is 13.2 Å². The van der Waals surface area contributed by atoms with Gasteiger partial charge in [0.1, 0.15) is 6.54 Å². The second kappa shape index (κ2) is 4.74. The Kier molecular flexibility index (Phi) is 3.94. The lowest BCUT2D eigenvalue weighted by atomic mass is 9.85. The van der Waals surface area contributed by atoms with Gasteiger partial charge in [0.15, 0.2) is 0 Å². The third-order valence-electron chi connectivity index (χ3n) is 2.95. The Bertz CT molecular complexity index is 283. The summed E-state index contributed by atoms with van der Waals surface area (Å²) < 4.78 is 36.0. The first kappa shape index (κ1) is 14.1. The van der Waals surface area contributed by atoms with Gasteiger partial charge in [-0.05, 0) is 18.3 Å². The van der Waals surface area contributed by atoms with Crippen molar-refractivity contribution >= 4 is 6.03 Å². The fourth-order valence-electron chi connectivity index (χ4n) is 2.19. The van der Waals surface area contributed by atoms with E-state index in [1.807, 2.05) is 26.1 Å². The quantitative estimate of drug-likeness (QED) is 0.764. The Hall–Kier alpha value is -0.940. The van der Waals surface area contributed by atoms with Crippen LogP contribution in [0.3, 0.4) is 0 Å². The zero-order chi connectivity index (χ0) is 13.3. The molecule has 0 aromatic rings. The molecule has 3 nitrogen and oxygen atoms in total. The van der Waals surface area contributed by atoms with Crippen LogP contribution in [0.25, 0.3) is 0 Å². The van der Waals surface area contributed by atoms with Crippen molar-refractivity contribution in [3.63, 3.8) is 0 Å². The summed E-state index contributed by atoms with van der Waals surface area (Å²) in [6.45, 7) is 5.25. The molecule has 1 rings (SSSR count). The van der Waals surface area contributed by atoms with Crippen molar-refractivity contribution in [2.45, 2.75) is 45.8 Å². The average molecular weight is 252 g/mol. The lowest BCUT2D eigenvalue weighted by Gasteiger charge is -2.35. The van der Waals surface area contributed by atoms with Gasteiger partial charge in [0, 0.05) is 12.6 Å². The molecule has 1 N–H and O–H groups in total. The molecule has 2 amide bonds. The number of amides is 2. The Balaban J connectivity index is 2.57. The lowest BCUT2D eigenvalue weighted by molar-refractivity contribution is -0.123. The number of halogens is 3. The fraction of sp³-hybridized carbons (Fsp3) is 0.909. The highest BCUT2D eigenvalue weighted by Crippen LogP contribution is 2.32. The van der Waals surface area contributed by atoms with Crippen LogP contribution < -0.4 is 5.32 Å². The molecule has 6 heteroatoms. The van der Waals surface area contributed by atoms with E-state index in [-0.39, 0.29) is 11.5 Å². The summed E-state index contributed by atoms with van der Waals surface area (Å²) in [6, 6.07) is -0.601. The molecular formula is C11H19F3N2O. The van der Waals surface area contributed by atoms with Crippen molar-refractivity contribution in [3.8, 4) is 0 Å². The highest BCUT2D eigenvalue weighted by atomic mass is 19.4. The summed E-state index contributed by atoms with van der Waals surface area (Å²) in [7, 11) is 0. The SMILES string of the molecule is CC(C)(C)C1CCCN1C(=O)NCC(F)(F)F. The summed E-state index contributed by atoms with van der Waals surface area (Å²) in [5.41, 5.74) is -0.105. The van der Waals surface area contributed by atoms with Gasteiger partial charge in [0.25, 0.3) is 0 Å². The van der Waals surface area contributed by atoms with Crippen molar-refractivity contribution in [2.75, 3.05) is 13.1 Å². The van der Waals surface area contributed by atoms with Crippen LogP contribution in [-0.4, -0.2) is 36.2 Å². The van der Waals surface area contributed by atoms with Crippen molar-refractivity contribution in [1.29, 1.82) is 0 Å². The van der Waals surface area contributed by atoms with Gasteiger partial charge in [-0.15, -0.1) is 0 Å². The van der Waals surface area contributed by atoms with Gasteiger partial charge < -0.3 is 10.2 Å². The minimum Gasteiger partial charge on any atom is -0.329 e. The summed E-state index contributed by atoms with van der Waals surface area (Å²) in [5, 5.41) is 1.93. The summed E-state index contributed by atoms with van der Waals surface area (Å²) in [5.74, 6) is 0. The second-order valence-electron chi connectivity index (χ2n) is 5.49. The largest absolute Gasteiger partial charge is 0.405 e. The number of rotatable bonds is 1. The number of nitrogens with one attached hydrogen (secondary N) is 1. The third kappa shape index (κ3) is 4.09. The summed E-state index contributed by atoms with van der Waals surface area (Å²) in [4.78, 5) is 13.2. The Labute approximate surface area is 99.4 Å². The molecule has 0 bridgehead atoms. The first-order valence-corrected chi connectivity index (χ1v) is 5.72. The Morgan fingerprint density at radius 3 is 2.41 bits per heavy atom. The van der Waals surface area contributed by atoms with Crippen LogP contribution in [0.2, 0.25) is 0 Å². The number of likely N-dealkylation sites (tertiary alicyclic amines) is 1. The number of urea groups is 1. The van der Waals surface area contributed by atoms with E-state index in [2.05, 4.69) is 0 Å². The fourth-order valence-corrected chi connectivity index (χ4v) is 2.19. The molecule has 17 heavy (non-hydrogen) atoms. The van der Waals surface area contributed by atoms with Gasteiger partial charge in [-0.1, -0.05) is 20.8 Å². The smallest absolute Gasteiger partial charge is 0.329 e. The topological polar surface area (TPSA) is 32.3 Å². The highest BCUT2D eigenvalue weighted by Gasteiger charge is 2.38. The summed E-state index contributed by atoms with van der Waals surface area (Å²) in [6.07, 6.45) is -2.66. The van der Waals surface area contributed by atoms with E-state index in [1.165, 1.54) is 4.90 Å². The normalized spacial score (nSPS) is 21.8. The van der Waals surface area contributed by atoms with Crippen molar-refractivity contribution in [1.82, 2.24) is 10.2 Å². The maximum absolute atomic E-state index is 12.0. The zero-order valence-electron chi connectivity index (χ0n) is 10.4. The molecule has 0 radical (unpaired) electrons. The number of carbonyl (C=O) groups excluding carboxylic acids is 1. The molecule has 1 unspecified atom stereocenters. The summed E-state index contributed by atoms with van der Waals surface area (Å²) >= 11 is 0. The van der Waals surface area contributed by atoms with Crippen LogP contribution >= 0.6 is 0 Å². The molecule has 0 aliphatic carbocycles. The highest BCUT2D eigenvalue weighted by molar-refractivity contribution is 5.75. The van der Waals surface area contributed by atoms with Gasteiger partial charge in [-0.25, -0.2) is 4.79 Å². The van der Waals surface area contributed by atoms with E-state index in [4.69, 9.17) is 0 Å². The van der Waals surface area contributed by atoms with E-state index in [1.54, 1.807) is 0 Å². The van der Waals surface area contributed by atoms with Crippen molar-refractivity contribution in [3.05, 3.63) is 0 Å². The molecule has 0 saturated carbocycles. The van der Waals surface area contributed by atoms with E-state index in [0.717, 1.165) is 12.8 Å². The van der Waals surface area contributed by atoms with Crippen LogP contribution in [-0.2, 0) is 0 Å². The zero-order valence-corrected chi connectivity index (χ0v) is 10.4. The third-order valence-corrected chi connectivity index (χ3v) is 2.95. The second-order valence-corrected chi connectivity index (χ2v) is 5.49. The molecule has 1 aliphatic rings. The maximum Gasteiger partial charge on any atom is 0.405 e. The minimum absolute atomic E-state index is 0.00994. The molecule has 1 saturated heterocycles. The molecule has 0 spiro atoms. The molecule has 1 heterocycles. The Morgan fingerprint density at radius 2 is 1.94 bits per heavy atom. The van der Waals surface area contributed by atoms with E-state index >= 15 is 0 Å². The maximum atomic E-state index is 12.0. The van der Waals surface area contributed by atoms with Crippen LogP contribution in [0.5, 0.6) is 0 Å². The minimum atomic E-state index is -4.35. The number of carbonyl (C=O) groups is 1. The van der Waals surface area contributed by atoms with Crippen LogP contribution in [0.1, 0.15) is 33.6 Å². The van der Waals surface area contributed by atoms with E-state index in [9.17, 15) is 18.0 Å². The molecule has 100 valence electrons. The van der Waals surface area contributed by atoms with Gasteiger partial charge >= 0.3 is 12.2 Å². The van der Waals surface area contributed by atoms with Crippen LogP contribution in [0.15, 0.2) is 0 Å². The predicted molar refractivity (Wildman–Crippen MR) is 58.6 cm³/mol. The molecule has 0 aromatic carbocycles. The number of hydrogen-bond donors (Lipinski definition) is 1. The van der Waals surface area contributed by atoms with Crippen molar-refractivity contribution in [2.24, 2.45) is 5.41 Å². The van der Waals surface area contributed by atoms with Gasteiger partial charge in [0.2, 0.25) is 0 Å². The van der Waals surface area contributed by atoms with Crippen LogP contribution in [0, 0.1) is 5.41 Å². The monoisotopic (exact) mass is 252 g/mol. The average Bonchev–Trinajstić information content (AvgIpc) is 2.60. The van der Waals surface area contributed by atoms with Gasteiger partial charge in [0.05, 0.1) is 0 Å². The lowest BCUT2D eigenvalue weighted by Crippen LogP contribution is -2.49. The van der Waals surface area contributed by atoms with Crippen LogP contribution in [0.4, 0.5) is 18.0 Å². The predicted octanol–water partition coefficient (Wildman–Crippen LogP) is 2.77. The molecule has 0 aromatic heterocycles. The standard InChI is InChI=1S/C11H19F3N2O/c1-10(2,3)8-5-4-6-16(8)9(17)15-7-11(12,13)14/h8H,4-7H2,1-3H3,(H,15,17). The molecule has 1 atom stereocenters. The van der Waals surface area contributed by atoms with E-state index in [0.29, 0.717) is 6.54 Å². The first-order valence-electron chi connectivity index (χ1n) is 5.72. The number of nitrogens with zero attached hydrogens (tertiary/aromatic N) is 1. The number of hydrogen-bond acceptors (Lipinski definition) is 1. The first-order chi connectivity index (χ1) is 7.61. The van der Waals surface area contributed by atoms with E-state index < -0.39 is 18.8 Å². The molecule has 1 aliphatic heterocycles.